The normalized spacial score (nSPS) is 10.3. The molecule has 0 spiro atoms. The molecule has 0 aliphatic rings. The Morgan fingerprint density at radius 1 is 1.27 bits per heavy atom. The first kappa shape index (κ1) is 20.1. The molecule has 0 saturated heterocycles. The Morgan fingerprint density at radius 2 is 2.00 bits per heavy atom. The van der Waals surface area contributed by atoms with Crippen LogP contribution in [0.4, 0.5) is 5.69 Å². The third-order valence-electron chi connectivity index (χ3n) is 3.46. The van der Waals surface area contributed by atoms with Crippen LogP contribution in [-0.4, -0.2) is 30.1 Å². The number of nitrogens with one attached hydrogen (secondary N) is 2. The van der Waals surface area contributed by atoms with Gasteiger partial charge in [0, 0.05) is 15.7 Å². The molecule has 0 atom stereocenters. The van der Waals surface area contributed by atoms with Gasteiger partial charge in [0.25, 0.3) is 5.91 Å². The van der Waals surface area contributed by atoms with Crippen LogP contribution in [-0.2, 0) is 4.79 Å². The Hall–Kier alpha value is -2.25. The number of anilines is 1. The summed E-state index contributed by atoms with van der Waals surface area (Å²) in [5, 5.41) is 15.0. The van der Waals surface area contributed by atoms with Crippen LogP contribution in [0, 0.1) is 6.92 Å². The number of amides is 2. The van der Waals surface area contributed by atoms with Crippen molar-refractivity contribution in [3.05, 3.63) is 51.0 Å². The smallest absolute Gasteiger partial charge is 0.251 e. The van der Waals surface area contributed by atoms with E-state index in [1.807, 2.05) is 19.1 Å². The highest BCUT2D eigenvalue weighted by Gasteiger charge is 2.15. The van der Waals surface area contributed by atoms with Crippen LogP contribution in [0.2, 0.25) is 5.02 Å². The molecule has 138 valence electrons. The van der Waals surface area contributed by atoms with E-state index in [9.17, 15) is 14.7 Å². The molecule has 0 fully saturated rings. The van der Waals surface area contributed by atoms with E-state index in [1.54, 1.807) is 13.0 Å². The zero-order chi connectivity index (χ0) is 19.3. The van der Waals surface area contributed by atoms with Crippen LogP contribution in [0.25, 0.3) is 0 Å². The van der Waals surface area contributed by atoms with Crippen LogP contribution >= 0.6 is 27.5 Å². The zero-order valence-corrected chi connectivity index (χ0v) is 16.6. The number of ether oxygens (including phenoxy) is 1. The number of aromatic hydroxyl groups is 1. The molecule has 3 N–H and O–H groups in total. The summed E-state index contributed by atoms with van der Waals surface area (Å²) in [6.07, 6.45) is 0. The number of carbonyl (C=O) groups is 2. The molecule has 0 bridgehead atoms. The topological polar surface area (TPSA) is 87.7 Å². The lowest BCUT2D eigenvalue weighted by molar-refractivity contribution is -0.115. The Labute approximate surface area is 164 Å². The van der Waals surface area contributed by atoms with Gasteiger partial charge in [0.1, 0.15) is 0 Å². The van der Waals surface area contributed by atoms with E-state index < -0.39 is 5.91 Å². The lowest BCUT2D eigenvalue weighted by Crippen LogP contribution is -2.33. The average Bonchev–Trinajstić information content (AvgIpc) is 2.59. The van der Waals surface area contributed by atoms with Gasteiger partial charge in [0.15, 0.2) is 11.5 Å². The first-order chi connectivity index (χ1) is 12.3. The predicted octanol–water partition coefficient (Wildman–Crippen LogP) is 3.88. The summed E-state index contributed by atoms with van der Waals surface area (Å²) in [6.45, 7) is 3.71. The minimum atomic E-state index is -0.504. The van der Waals surface area contributed by atoms with Crippen molar-refractivity contribution in [3.63, 3.8) is 0 Å². The number of rotatable bonds is 6. The van der Waals surface area contributed by atoms with Gasteiger partial charge in [-0.05, 0) is 49.7 Å². The van der Waals surface area contributed by atoms with Crippen molar-refractivity contribution in [2.75, 3.05) is 18.5 Å². The molecular formula is C18H18BrClN2O4. The predicted molar refractivity (Wildman–Crippen MR) is 104 cm³/mol. The molecule has 0 aliphatic carbocycles. The van der Waals surface area contributed by atoms with Gasteiger partial charge in [-0.2, -0.15) is 0 Å². The van der Waals surface area contributed by atoms with Crippen LogP contribution in [0.5, 0.6) is 11.5 Å². The molecule has 0 radical (unpaired) electrons. The molecule has 0 heterocycles. The van der Waals surface area contributed by atoms with Crippen molar-refractivity contribution in [2.45, 2.75) is 13.8 Å². The fourth-order valence-electron chi connectivity index (χ4n) is 2.19. The van der Waals surface area contributed by atoms with E-state index >= 15 is 0 Å². The van der Waals surface area contributed by atoms with Gasteiger partial charge < -0.3 is 20.5 Å². The molecule has 0 saturated carbocycles. The number of aryl methyl sites for hydroxylation is 1. The molecule has 6 nitrogen and oxygen atoms in total. The van der Waals surface area contributed by atoms with E-state index in [1.165, 1.54) is 12.1 Å². The van der Waals surface area contributed by atoms with E-state index in [-0.39, 0.29) is 34.5 Å². The molecule has 0 unspecified atom stereocenters. The fraction of sp³-hybridized carbons (Fsp3) is 0.222. The molecule has 2 aromatic rings. The van der Waals surface area contributed by atoms with Crippen molar-refractivity contribution in [1.29, 1.82) is 0 Å². The van der Waals surface area contributed by atoms with E-state index in [2.05, 4.69) is 26.6 Å². The third kappa shape index (κ3) is 5.12. The largest absolute Gasteiger partial charge is 0.503 e. The van der Waals surface area contributed by atoms with E-state index in [0.29, 0.717) is 12.3 Å². The summed E-state index contributed by atoms with van der Waals surface area (Å²) in [5.74, 6) is -0.983. The van der Waals surface area contributed by atoms with Gasteiger partial charge in [0.05, 0.1) is 18.2 Å². The number of phenolic OH excluding ortho intramolecular Hbond substituents is 1. The minimum Gasteiger partial charge on any atom is -0.503 e. The third-order valence-corrected chi connectivity index (χ3v) is 4.24. The molecule has 2 rings (SSSR count). The first-order valence-corrected chi connectivity index (χ1v) is 8.98. The highest BCUT2D eigenvalue weighted by molar-refractivity contribution is 9.10. The second-order valence-electron chi connectivity index (χ2n) is 5.43. The number of phenols is 1. The SMILES string of the molecule is CCOc1cc(C(=O)NCC(=O)Nc2ccc(Br)cc2C)cc(Cl)c1O. The molecule has 0 aromatic heterocycles. The van der Waals surface area contributed by atoms with Crippen LogP contribution in [0.3, 0.4) is 0 Å². The monoisotopic (exact) mass is 440 g/mol. The van der Waals surface area contributed by atoms with Crippen molar-refractivity contribution in [2.24, 2.45) is 0 Å². The molecule has 2 aromatic carbocycles. The maximum Gasteiger partial charge on any atom is 0.251 e. The number of hydrogen-bond acceptors (Lipinski definition) is 4. The average molecular weight is 442 g/mol. The summed E-state index contributed by atoms with van der Waals surface area (Å²) >= 11 is 9.26. The van der Waals surface area contributed by atoms with E-state index in [4.69, 9.17) is 16.3 Å². The standard InChI is InChI=1S/C18H18BrClN2O4/c1-3-26-15-8-11(7-13(20)17(15)24)18(25)21-9-16(23)22-14-5-4-12(19)6-10(14)2/h4-8,24H,3,9H2,1-2H3,(H,21,25)(H,22,23). The second-order valence-corrected chi connectivity index (χ2v) is 6.75. The van der Waals surface area contributed by atoms with Gasteiger partial charge in [0.2, 0.25) is 5.91 Å². The number of benzene rings is 2. The van der Waals surface area contributed by atoms with Crippen LogP contribution in [0.15, 0.2) is 34.8 Å². The number of halogens is 2. The maximum atomic E-state index is 12.2. The van der Waals surface area contributed by atoms with Gasteiger partial charge >= 0.3 is 0 Å². The van der Waals surface area contributed by atoms with Gasteiger partial charge in [-0.1, -0.05) is 27.5 Å². The Kier molecular flexibility index (Phi) is 6.88. The number of carbonyl (C=O) groups excluding carboxylic acids is 2. The second kappa shape index (κ2) is 8.91. The maximum absolute atomic E-state index is 12.2. The van der Waals surface area contributed by atoms with Crippen molar-refractivity contribution >= 4 is 45.0 Å². The van der Waals surface area contributed by atoms with Crippen LogP contribution < -0.4 is 15.4 Å². The van der Waals surface area contributed by atoms with Crippen LogP contribution in [0.1, 0.15) is 22.8 Å². The highest BCUT2D eigenvalue weighted by atomic mass is 79.9. The quantitative estimate of drug-likeness (QED) is 0.635. The Morgan fingerprint density at radius 3 is 2.65 bits per heavy atom. The summed E-state index contributed by atoms with van der Waals surface area (Å²) in [5.41, 5.74) is 1.74. The fourth-order valence-corrected chi connectivity index (χ4v) is 2.88. The first-order valence-electron chi connectivity index (χ1n) is 7.81. The lowest BCUT2D eigenvalue weighted by atomic mass is 10.2. The number of hydrogen-bond donors (Lipinski definition) is 3. The van der Waals surface area contributed by atoms with Gasteiger partial charge in [-0.15, -0.1) is 0 Å². The summed E-state index contributed by atoms with van der Waals surface area (Å²) in [4.78, 5) is 24.3. The summed E-state index contributed by atoms with van der Waals surface area (Å²) in [7, 11) is 0. The molecule has 26 heavy (non-hydrogen) atoms. The molecular weight excluding hydrogens is 424 g/mol. The van der Waals surface area contributed by atoms with E-state index in [0.717, 1.165) is 10.0 Å². The summed E-state index contributed by atoms with van der Waals surface area (Å²) < 4.78 is 6.15. The highest BCUT2D eigenvalue weighted by Crippen LogP contribution is 2.35. The molecule has 0 aliphatic heterocycles. The molecule has 2 amide bonds. The summed E-state index contributed by atoms with van der Waals surface area (Å²) in [6, 6.07) is 8.15. The van der Waals surface area contributed by atoms with Crippen molar-refractivity contribution < 1.29 is 19.4 Å². The minimum absolute atomic E-state index is 0.00367. The Bertz CT molecular complexity index is 842. The van der Waals surface area contributed by atoms with Crippen molar-refractivity contribution in [1.82, 2.24) is 5.32 Å². The van der Waals surface area contributed by atoms with Gasteiger partial charge in [-0.25, -0.2) is 0 Å². The van der Waals surface area contributed by atoms with Crippen molar-refractivity contribution in [3.8, 4) is 11.5 Å². The van der Waals surface area contributed by atoms with Gasteiger partial charge in [-0.3, -0.25) is 9.59 Å². The lowest BCUT2D eigenvalue weighted by Gasteiger charge is -2.11. The zero-order valence-electron chi connectivity index (χ0n) is 14.2. The molecule has 8 heteroatoms. The Balaban J connectivity index is 2.00.